The van der Waals surface area contributed by atoms with Gasteiger partial charge in [0.25, 0.3) is 5.88 Å². The lowest BCUT2D eigenvalue weighted by molar-refractivity contribution is 0.0480. The lowest BCUT2D eigenvalue weighted by Gasteiger charge is -2.11. The Morgan fingerprint density at radius 2 is 1.90 bits per heavy atom. The normalized spacial score (nSPS) is 16.1. The molecule has 0 saturated heterocycles. The number of fused-ring (bicyclic) bond motifs is 1. The maximum Gasteiger partial charge on any atom is 0.260 e. The molecule has 21 heavy (non-hydrogen) atoms. The molecule has 1 atom stereocenters. The highest BCUT2D eigenvalue weighted by Gasteiger charge is 2.26. The van der Waals surface area contributed by atoms with Crippen molar-refractivity contribution in [1.82, 2.24) is 4.98 Å². The Hall–Kier alpha value is -2.37. The lowest BCUT2D eigenvalue weighted by Crippen LogP contribution is -2.21. The van der Waals surface area contributed by atoms with Crippen LogP contribution in [0.3, 0.4) is 0 Å². The molecule has 0 N–H and O–H groups in total. The van der Waals surface area contributed by atoms with Crippen molar-refractivity contribution in [3.05, 3.63) is 47.2 Å². The first-order chi connectivity index (χ1) is 10.1. The highest BCUT2D eigenvalue weighted by Crippen LogP contribution is 2.34. The van der Waals surface area contributed by atoms with Crippen LogP contribution in [-0.4, -0.2) is 18.4 Å². The van der Waals surface area contributed by atoms with Gasteiger partial charge in [0, 0.05) is 12.6 Å². The monoisotopic (exact) mass is 293 g/mol. The van der Waals surface area contributed by atoms with E-state index in [0.717, 1.165) is 5.56 Å². The van der Waals surface area contributed by atoms with E-state index in [4.69, 9.17) is 9.47 Å². The van der Waals surface area contributed by atoms with Gasteiger partial charge in [-0.15, -0.1) is 0 Å². The van der Waals surface area contributed by atoms with Crippen LogP contribution in [0, 0.1) is 18.6 Å². The predicted molar refractivity (Wildman–Crippen MR) is 70.6 cm³/mol. The van der Waals surface area contributed by atoms with Crippen LogP contribution in [0.4, 0.5) is 8.78 Å². The maximum absolute atomic E-state index is 13.6. The molecule has 6 heteroatoms. The van der Waals surface area contributed by atoms with Crippen molar-refractivity contribution in [2.45, 2.75) is 19.6 Å². The molecule has 110 valence electrons. The van der Waals surface area contributed by atoms with E-state index in [-0.39, 0.29) is 6.42 Å². The van der Waals surface area contributed by atoms with Crippen LogP contribution in [0.2, 0.25) is 0 Å². The first-order valence-electron chi connectivity index (χ1n) is 6.38. The molecule has 1 unspecified atom stereocenters. The van der Waals surface area contributed by atoms with Crippen LogP contribution in [0.5, 0.6) is 17.4 Å². The molecule has 4 nitrogen and oxygen atoms in total. The van der Waals surface area contributed by atoms with E-state index in [0.29, 0.717) is 17.2 Å². The minimum absolute atomic E-state index is 0.202. The minimum Gasteiger partial charge on any atom is -0.491 e. The van der Waals surface area contributed by atoms with Gasteiger partial charge in [-0.2, -0.15) is 0 Å². The van der Waals surface area contributed by atoms with Gasteiger partial charge in [-0.3, -0.25) is 0 Å². The highest BCUT2D eigenvalue weighted by atomic mass is 19.1. The van der Waals surface area contributed by atoms with Crippen molar-refractivity contribution in [3.8, 4) is 17.4 Å². The van der Waals surface area contributed by atoms with Gasteiger partial charge >= 0.3 is 0 Å². The zero-order chi connectivity index (χ0) is 15.0. The Morgan fingerprint density at radius 1 is 1.19 bits per heavy atom. The summed E-state index contributed by atoms with van der Waals surface area (Å²) >= 11 is 0. The first-order valence-corrected chi connectivity index (χ1v) is 6.38. The Morgan fingerprint density at radius 3 is 2.57 bits per heavy atom. The summed E-state index contributed by atoms with van der Waals surface area (Å²) in [7, 11) is 1.22. The highest BCUT2D eigenvalue weighted by molar-refractivity contribution is 5.39. The van der Waals surface area contributed by atoms with Crippen LogP contribution in [0.1, 0.15) is 11.1 Å². The van der Waals surface area contributed by atoms with Crippen LogP contribution in [-0.2, 0) is 6.42 Å². The molecule has 1 aliphatic rings. The van der Waals surface area contributed by atoms with Gasteiger partial charge in [0.2, 0.25) is 6.29 Å². The summed E-state index contributed by atoms with van der Waals surface area (Å²) in [6.07, 6.45) is 1.21. The number of ether oxygens (including phenoxy) is 3. The number of halogens is 2. The molecule has 0 aliphatic carbocycles. The van der Waals surface area contributed by atoms with Crippen LogP contribution >= 0.6 is 0 Å². The summed E-state index contributed by atoms with van der Waals surface area (Å²) in [6.45, 7) is 1.89. The largest absolute Gasteiger partial charge is 0.491 e. The number of rotatable bonds is 3. The lowest BCUT2D eigenvalue weighted by atomic mass is 10.1. The molecule has 3 rings (SSSR count). The number of hydrogen-bond acceptors (Lipinski definition) is 4. The predicted octanol–water partition coefficient (Wildman–Crippen LogP) is 3.02. The van der Waals surface area contributed by atoms with Crippen LogP contribution in [0.25, 0.3) is 0 Å². The third kappa shape index (κ3) is 2.61. The third-order valence-corrected chi connectivity index (χ3v) is 3.12. The van der Waals surface area contributed by atoms with E-state index >= 15 is 0 Å². The number of nitrogens with zero attached hydrogens (tertiary/aromatic N) is 1. The van der Waals surface area contributed by atoms with Crippen molar-refractivity contribution >= 4 is 0 Å². The smallest absolute Gasteiger partial charge is 0.260 e. The fourth-order valence-electron chi connectivity index (χ4n) is 2.19. The fourth-order valence-corrected chi connectivity index (χ4v) is 2.19. The second kappa shape index (κ2) is 5.20. The van der Waals surface area contributed by atoms with E-state index in [2.05, 4.69) is 9.72 Å². The number of benzene rings is 1. The molecule has 1 aliphatic heterocycles. The van der Waals surface area contributed by atoms with E-state index in [1.807, 2.05) is 6.92 Å². The molecule has 0 amide bonds. The van der Waals surface area contributed by atoms with Crippen molar-refractivity contribution in [3.63, 3.8) is 0 Å². The number of pyridine rings is 1. The average molecular weight is 293 g/mol. The summed E-state index contributed by atoms with van der Waals surface area (Å²) in [5.41, 5.74) is 1.36. The molecule has 1 aromatic heterocycles. The molecule has 0 fully saturated rings. The van der Waals surface area contributed by atoms with Crippen molar-refractivity contribution in [2.75, 3.05) is 7.11 Å². The zero-order valence-electron chi connectivity index (χ0n) is 11.5. The van der Waals surface area contributed by atoms with Crippen LogP contribution in [0.15, 0.2) is 24.4 Å². The van der Waals surface area contributed by atoms with E-state index in [9.17, 15) is 8.78 Å². The Bertz CT molecular complexity index is 668. The Kier molecular flexibility index (Phi) is 3.37. The second-order valence-electron chi connectivity index (χ2n) is 4.78. The SMILES string of the molecule is COc1c(F)cc(CC2Oc3cc(C)cnc3O2)cc1F. The summed E-state index contributed by atoms with van der Waals surface area (Å²) < 4.78 is 43.0. The number of aromatic nitrogens is 1. The van der Waals surface area contributed by atoms with Crippen molar-refractivity contribution in [2.24, 2.45) is 0 Å². The van der Waals surface area contributed by atoms with Gasteiger partial charge in [0.05, 0.1) is 7.11 Å². The van der Waals surface area contributed by atoms with E-state index < -0.39 is 23.7 Å². The molecule has 2 aromatic rings. The Labute approximate surface area is 120 Å². The first kappa shape index (κ1) is 13.6. The molecular formula is C15H13F2NO3. The average Bonchev–Trinajstić information content (AvgIpc) is 2.79. The minimum atomic E-state index is -0.753. The molecule has 0 saturated carbocycles. The van der Waals surface area contributed by atoms with Crippen molar-refractivity contribution in [1.29, 1.82) is 0 Å². The molecule has 2 heterocycles. The van der Waals surface area contributed by atoms with E-state index in [1.165, 1.54) is 19.2 Å². The van der Waals surface area contributed by atoms with Crippen molar-refractivity contribution < 1.29 is 23.0 Å². The number of hydrogen-bond donors (Lipinski definition) is 0. The maximum atomic E-state index is 13.6. The van der Waals surface area contributed by atoms with Gasteiger partial charge in [-0.25, -0.2) is 13.8 Å². The zero-order valence-corrected chi connectivity index (χ0v) is 11.5. The molecular weight excluding hydrogens is 280 g/mol. The van der Waals surface area contributed by atoms with Crippen LogP contribution < -0.4 is 14.2 Å². The van der Waals surface area contributed by atoms with Gasteiger partial charge in [0.1, 0.15) is 0 Å². The topological polar surface area (TPSA) is 40.6 Å². The third-order valence-electron chi connectivity index (χ3n) is 3.12. The van der Waals surface area contributed by atoms with Gasteiger partial charge in [-0.1, -0.05) is 0 Å². The van der Waals surface area contributed by atoms with Gasteiger partial charge in [-0.05, 0) is 36.2 Å². The molecule has 0 bridgehead atoms. The summed E-state index contributed by atoms with van der Waals surface area (Å²) in [6, 6.07) is 4.21. The number of methoxy groups -OCH3 is 1. The number of aryl methyl sites for hydroxylation is 1. The standard InChI is InChI=1S/C15H13F2NO3/c1-8-3-12-15(18-7-8)21-13(20-12)6-9-4-10(16)14(19-2)11(17)5-9/h3-5,7,13H,6H2,1-2H3. The summed E-state index contributed by atoms with van der Waals surface area (Å²) in [5, 5.41) is 0. The van der Waals surface area contributed by atoms with Gasteiger partial charge < -0.3 is 14.2 Å². The summed E-state index contributed by atoms with van der Waals surface area (Å²) in [5.74, 6) is -0.976. The Balaban J connectivity index is 1.77. The quantitative estimate of drug-likeness (QED) is 0.872. The van der Waals surface area contributed by atoms with Gasteiger partial charge in [0.15, 0.2) is 23.1 Å². The fraction of sp³-hybridized carbons (Fsp3) is 0.267. The molecule has 0 spiro atoms. The second-order valence-corrected chi connectivity index (χ2v) is 4.78. The molecule has 0 radical (unpaired) electrons. The summed E-state index contributed by atoms with van der Waals surface area (Å²) in [4.78, 5) is 4.10. The van der Waals surface area contributed by atoms with E-state index in [1.54, 1.807) is 12.3 Å². The molecule has 1 aromatic carbocycles.